The second-order valence-electron chi connectivity index (χ2n) is 4.44. The molecule has 1 aliphatic rings. The minimum Gasteiger partial charge on any atom is -0.378 e. The van der Waals surface area contributed by atoms with Crippen LogP contribution in [0.3, 0.4) is 0 Å². The minimum absolute atomic E-state index is 0.105. The fraction of sp³-hybridized carbons (Fsp3) is 0.750. The van der Waals surface area contributed by atoms with Crippen LogP contribution in [0.4, 0.5) is 0 Å². The Labute approximate surface area is 96.8 Å². The Balaban J connectivity index is 1.98. The van der Waals surface area contributed by atoms with Gasteiger partial charge in [-0.15, -0.1) is 0 Å². The van der Waals surface area contributed by atoms with Crippen molar-refractivity contribution in [2.24, 2.45) is 5.73 Å². The highest BCUT2D eigenvalue weighted by atomic mass is 16.5. The largest absolute Gasteiger partial charge is 0.378 e. The molecule has 0 saturated heterocycles. The highest BCUT2D eigenvalue weighted by Crippen LogP contribution is 2.36. The van der Waals surface area contributed by atoms with Gasteiger partial charge >= 0.3 is 0 Å². The first-order valence-corrected chi connectivity index (χ1v) is 6.15. The van der Waals surface area contributed by atoms with E-state index in [0.29, 0.717) is 12.1 Å². The maximum absolute atomic E-state index is 6.06. The van der Waals surface area contributed by atoms with Crippen molar-refractivity contribution in [3.63, 3.8) is 0 Å². The van der Waals surface area contributed by atoms with Gasteiger partial charge in [0.2, 0.25) is 0 Å². The van der Waals surface area contributed by atoms with E-state index in [1.54, 1.807) is 0 Å². The Kier molecular flexibility index (Phi) is 3.61. The van der Waals surface area contributed by atoms with Crippen LogP contribution in [-0.2, 0) is 4.74 Å². The zero-order valence-electron chi connectivity index (χ0n) is 10.1. The van der Waals surface area contributed by atoms with E-state index in [9.17, 15) is 0 Å². The number of nitrogens with zero attached hydrogens (tertiary/aromatic N) is 2. The predicted octanol–water partition coefficient (Wildman–Crippen LogP) is 2.03. The molecule has 0 spiro atoms. The summed E-state index contributed by atoms with van der Waals surface area (Å²) in [5.41, 5.74) is 7.21. The Hall–Kier alpha value is -0.870. The molecule has 0 aliphatic heterocycles. The molecule has 16 heavy (non-hydrogen) atoms. The zero-order chi connectivity index (χ0) is 11.5. The summed E-state index contributed by atoms with van der Waals surface area (Å²) in [4.78, 5) is 4.21. The van der Waals surface area contributed by atoms with Crippen molar-refractivity contribution in [3.8, 4) is 0 Å². The van der Waals surface area contributed by atoms with Gasteiger partial charge in [0.05, 0.1) is 18.1 Å². The van der Waals surface area contributed by atoms with Gasteiger partial charge in [-0.25, -0.2) is 4.98 Å². The van der Waals surface area contributed by atoms with Gasteiger partial charge in [-0.1, -0.05) is 6.92 Å². The fourth-order valence-corrected chi connectivity index (χ4v) is 2.25. The third kappa shape index (κ3) is 2.13. The normalized spacial score (nSPS) is 26.4. The number of imidazole rings is 1. The summed E-state index contributed by atoms with van der Waals surface area (Å²) in [6.07, 6.45) is 7.36. The zero-order valence-corrected chi connectivity index (χ0v) is 10.1. The van der Waals surface area contributed by atoms with Crippen LogP contribution in [0.5, 0.6) is 0 Å². The molecule has 1 aromatic rings. The fourth-order valence-electron chi connectivity index (χ4n) is 2.25. The molecule has 1 atom stereocenters. The molecule has 4 nitrogen and oxygen atoms in total. The Morgan fingerprint density at radius 3 is 2.94 bits per heavy atom. The first kappa shape index (κ1) is 11.6. The SMILES string of the molecule is CCOC1CC(n2cncc2[C@H](N)CC)C1. The molecule has 0 bridgehead atoms. The predicted molar refractivity (Wildman–Crippen MR) is 63.1 cm³/mol. The van der Waals surface area contributed by atoms with Gasteiger partial charge in [0.1, 0.15) is 0 Å². The van der Waals surface area contributed by atoms with Crippen molar-refractivity contribution in [2.45, 2.75) is 51.3 Å². The van der Waals surface area contributed by atoms with Crippen LogP contribution in [0, 0.1) is 0 Å². The summed E-state index contributed by atoms with van der Waals surface area (Å²) in [5, 5.41) is 0. The number of ether oxygens (including phenoxy) is 1. The summed E-state index contributed by atoms with van der Waals surface area (Å²) in [5.74, 6) is 0. The van der Waals surface area contributed by atoms with Gasteiger partial charge in [0, 0.05) is 24.9 Å². The Morgan fingerprint density at radius 1 is 1.56 bits per heavy atom. The third-order valence-corrected chi connectivity index (χ3v) is 3.38. The van der Waals surface area contributed by atoms with E-state index in [1.165, 1.54) is 0 Å². The summed E-state index contributed by atoms with van der Waals surface area (Å²) in [7, 11) is 0. The van der Waals surface area contributed by atoms with E-state index in [4.69, 9.17) is 10.5 Å². The summed E-state index contributed by atoms with van der Waals surface area (Å²) >= 11 is 0. The number of aromatic nitrogens is 2. The van der Waals surface area contributed by atoms with E-state index in [-0.39, 0.29) is 6.04 Å². The molecule has 1 heterocycles. The van der Waals surface area contributed by atoms with Crippen molar-refractivity contribution in [3.05, 3.63) is 18.2 Å². The number of hydrogen-bond acceptors (Lipinski definition) is 3. The summed E-state index contributed by atoms with van der Waals surface area (Å²) in [6.45, 7) is 4.96. The van der Waals surface area contributed by atoms with Crippen LogP contribution in [0.25, 0.3) is 0 Å². The van der Waals surface area contributed by atoms with Gasteiger partial charge in [-0.05, 0) is 26.2 Å². The molecule has 1 aliphatic carbocycles. The van der Waals surface area contributed by atoms with Gasteiger partial charge in [0.15, 0.2) is 0 Å². The average molecular weight is 223 g/mol. The topological polar surface area (TPSA) is 53.1 Å². The molecule has 2 rings (SSSR count). The lowest BCUT2D eigenvalue weighted by atomic mass is 9.88. The van der Waals surface area contributed by atoms with Gasteiger partial charge in [-0.2, -0.15) is 0 Å². The van der Waals surface area contributed by atoms with E-state index < -0.39 is 0 Å². The molecule has 4 heteroatoms. The molecular formula is C12H21N3O. The average Bonchev–Trinajstić information content (AvgIpc) is 2.70. The van der Waals surface area contributed by atoms with Crippen LogP contribution in [0.2, 0.25) is 0 Å². The Bertz CT molecular complexity index is 331. The molecule has 0 radical (unpaired) electrons. The molecule has 1 aromatic heterocycles. The van der Waals surface area contributed by atoms with Crippen LogP contribution in [0.15, 0.2) is 12.5 Å². The molecule has 0 unspecified atom stereocenters. The number of nitrogens with two attached hydrogens (primary N) is 1. The first-order valence-electron chi connectivity index (χ1n) is 6.15. The highest BCUT2D eigenvalue weighted by Gasteiger charge is 2.32. The van der Waals surface area contributed by atoms with Crippen LogP contribution >= 0.6 is 0 Å². The van der Waals surface area contributed by atoms with Crippen molar-refractivity contribution in [1.29, 1.82) is 0 Å². The molecule has 1 fully saturated rings. The molecule has 90 valence electrons. The van der Waals surface area contributed by atoms with Crippen LogP contribution in [0.1, 0.15) is 50.9 Å². The van der Waals surface area contributed by atoms with E-state index in [1.807, 2.05) is 19.4 Å². The first-order chi connectivity index (χ1) is 7.76. The molecular weight excluding hydrogens is 202 g/mol. The van der Waals surface area contributed by atoms with Gasteiger partial charge in [-0.3, -0.25) is 0 Å². The Morgan fingerprint density at radius 2 is 2.31 bits per heavy atom. The lowest BCUT2D eigenvalue weighted by molar-refractivity contribution is -0.0205. The maximum Gasteiger partial charge on any atom is 0.0951 e. The van der Waals surface area contributed by atoms with Crippen molar-refractivity contribution >= 4 is 0 Å². The standard InChI is InChI=1S/C12H21N3O/c1-3-11(13)12-7-14-8-15(12)9-5-10(6-9)16-4-2/h7-11H,3-6,13H2,1-2H3/t9?,10?,11-/m1/s1. The summed E-state index contributed by atoms with van der Waals surface area (Å²) in [6, 6.07) is 0.639. The third-order valence-electron chi connectivity index (χ3n) is 3.38. The van der Waals surface area contributed by atoms with Crippen molar-refractivity contribution < 1.29 is 4.74 Å². The smallest absolute Gasteiger partial charge is 0.0951 e. The van der Waals surface area contributed by atoms with Gasteiger partial charge < -0.3 is 15.0 Å². The lowest BCUT2D eigenvalue weighted by Crippen LogP contribution is -2.34. The van der Waals surface area contributed by atoms with Crippen molar-refractivity contribution in [2.75, 3.05) is 6.61 Å². The highest BCUT2D eigenvalue weighted by molar-refractivity contribution is 5.07. The number of hydrogen-bond donors (Lipinski definition) is 1. The molecule has 0 amide bonds. The van der Waals surface area contributed by atoms with Crippen LogP contribution < -0.4 is 5.73 Å². The molecule has 1 saturated carbocycles. The lowest BCUT2D eigenvalue weighted by Gasteiger charge is -2.37. The van der Waals surface area contributed by atoms with E-state index >= 15 is 0 Å². The minimum atomic E-state index is 0.105. The second-order valence-corrected chi connectivity index (χ2v) is 4.44. The van der Waals surface area contributed by atoms with Crippen LogP contribution in [-0.4, -0.2) is 22.3 Å². The van der Waals surface area contributed by atoms with E-state index in [2.05, 4.69) is 16.5 Å². The van der Waals surface area contributed by atoms with E-state index in [0.717, 1.165) is 31.6 Å². The number of rotatable bonds is 5. The summed E-state index contributed by atoms with van der Waals surface area (Å²) < 4.78 is 7.79. The quantitative estimate of drug-likeness (QED) is 0.831. The molecule has 2 N–H and O–H groups in total. The van der Waals surface area contributed by atoms with Crippen molar-refractivity contribution in [1.82, 2.24) is 9.55 Å². The van der Waals surface area contributed by atoms with Gasteiger partial charge in [0.25, 0.3) is 0 Å². The second kappa shape index (κ2) is 4.97. The monoisotopic (exact) mass is 223 g/mol. The maximum atomic E-state index is 6.06. The molecule has 0 aromatic carbocycles.